The van der Waals surface area contributed by atoms with Crippen LogP contribution >= 0.6 is 0 Å². The molecule has 0 radical (unpaired) electrons. The molecule has 0 spiro atoms. The van der Waals surface area contributed by atoms with E-state index < -0.39 is 24.0 Å². The Balaban J connectivity index is 2.39. The monoisotopic (exact) mass is 340 g/mol. The van der Waals surface area contributed by atoms with Gasteiger partial charge in [0.15, 0.2) is 11.5 Å². The summed E-state index contributed by atoms with van der Waals surface area (Å²) in [5.41, 5.74) is 1.98. The molecule has 2 rings (SSSR count). The number of carbonyl (C=O) groups excluding carboxylic acids is 2. The summed E-state index contributed by atoms with van der Waals surface area (Å²) in [5.74, 6) is -0.581. The SMILES string of the molecule is CCC(F)c1cc(C(=O)N2CC[C@@H]2C(=O)NO)cc(OC)c1OC. The van der Waals surface area contributed by atoms with Crippen molar-refractivity contribution < 1.29 is 28.7 Å². The van der Waals surface area contributed by atoms with Crippen LogP contribution in [0.4, 0.5) is 4.39 Å². The summed E-state index contributed by atoms with van der Waals surface area (Å²) in [4.78, 5) is 25.5. The molecule has 2 N–H and O–H groups in total. The first kappa shape index (κ1) is 18.0. The Bertz CT molecular complexity index is 637. The Morgan fingerprint density at radius 2 is 2.12 bits per heavy atom. The molecule has 2 atom stereocenters. The Kier molecular flexibility index (Phi) is 5.61. The Hall–Kier alpha value is -2.35. The molecule has 1 unspecified atom stereocenters. The number of halogens is 1. The van der Waals surface area contributed by atoms with Gasteiger partial charge in [-0.25, -0.2) is 9.87 Å². The molecule has 0 saturated carbocycles. The molecule has 8 heteroatoms. The summed E-state index contributed by atoms with van der Waals surface area (Å²) in [6.07, 6.45) is -0.635. The molecule has 1 aliphatic heterocycles. The Morgan fingerprint density at radius 1 is 1.42 bits per heavy atom. The van der Waals surface area contributed by atoms with Crippen LogP contribution in [-0.2, 0) is 4.79 Å². The van der Waals surface area contributed by atoms with Crippen molar-refractivity contribution in [2.45, 2.75) is 32.0 Å². The zero-order valence-corrected chi connectivity index (χ0v) is 13.8. The fourth-order valence-electron chi connectivity index (χ4n) is 2.71. The first-order chi connectivity index (χ1) is 11.5. The van der Waals surface area contributed by atoms with Gasteiger partial charge in [0.1, 0.15) is 12.2 Å². The number of rotatable bonds is 6. The molecular formula is C16H21FN2O5. The lowest BCUT2D eigenvalue weighted by Gasteiger charge is -2.39. The van der Waals surface area contributed by atoms with Crippen LogP contribution in [0.25, 0.3) is 0 Å². The average Bonchev–Trinajstić information content (AvgIpc) is 2.58. The first-order valence-electron chi connectivity index (χ1n) is 7.63. The van der Waals surface area contributed by atoms with E-state index in [0.29, 0.717) is 13.0 Å². The van der Waals surface area contributed by atoms with Crippen LogP contribution in [0.1, 0.15) is 41.9 Å². The topological polar surface area (TPSA) is 88.1 Å². The fourth-order valence-corrected chi connectivity index (χ4v) is 2.71. The van der Waals surface area contributed by atoms with E-state index in [1.54, 1.807) is 12.4 Å². The van der Waals surface area contributed by atoms with Gasteiger partial charge in [0.25, 0.3) is 11.8 Å². The highest BCUT2D eigenvalue weighted by Gasteiger charge is 2.38. The third-order valence-corrected chi connectivity index (χ3v) is 4.14. The number of methoxy groups -OCH3 is 2. The molecule has 1 saturated heterocycles. The summed E-state index contributed by atoms with van der Waals surface area (Å²) >= 11 is 0. The number of carbonyl (C=O) groups is 2. The molecule has 1 heterocycles. The normalized spacial score (nSPS) is 17.7. The lowest BCUT2D eigenvalue weighted by molar-refractivity contribution is -0.137. The number of ether oxygens (including phenoxy) is 2. The predicted octanol–water partition coefficient (Wildman–Crippen LogP) is 1.84. The predicted molar refractivity (Wildman–Crippen MR) is 83.1 cm³/mol. The van der Waals surface area contributed by atoms with Crippen LogP contribution in [0.3, 0.4) is 0 Å². The molecule has 0 aliphatic carbocycles. The van der Waals surface area contributed by atoms with Gasteiger partial charge in [-0.3, -0.25) is 14.8 Å². The summed E-state index contributed by atoms with van der Waals surface area (Å²) in [6.45, 7) is 2.07. The van der Waals surface area contributed by atoms with Gasteiger partial charge in [-0.2, -0.15) is 0 Å². The summed E-state index contributed by atoms with van der Waals surface area (Å²) in [7, 11) is 2.81. The number of amides is 2. The summed E-state index contributed by atoms with van der Waals surface area (Å²) in [5, 5.41) is 8.72. The lowest BCUT2D eigenvalue weighted by atomic mass is 9.98. The molecule has 24 heavy (non-hydrogen) atoms. The van der Waals surface area contributed by atoms with E-state index >= 15 is 0 Å². The number of nitrogens with zero attached hydrogens (tertiary/aromatic N) is 1. The second kappa shape index (κ2) is 7.48. The number of alkyl halides is 1. The summed E-state index contributed by atoms with van der Waals surface area (Å²) < 4.78 is 24.7. The molecule has 0 bridgehead atoms. The summed E-state index contributed by atoms with van der Waals surface area (Å²) in [6, 6.07) is 2.15. The maximum absolute atomic E-state index is 14.3. The molecule has 7 nitrogen and oxygen atoms in total. The van der Waals surface area contributed by atoms with Gasteiger partial charge >= 0.3 is 0 Å². The van der Waals surface area contributed by atoms with Crippen molar-refractivity contribution in [3.05, 3.63) is 23.3 Å². The van der Waals surface area contributed by atoms with Crippen molar-refractivity contribution >= 4 is 11.8 Å². The van der Waals surface area contributed by atoms with E-state index in [1.165, 1.54) is 31.3 Å². The lowest BCUT2D eigenvalue weighted by Crippen LogP contribution is -2.57. The van der Waals surface area contributed by atoms with Gasteiger partial charge in [-0.1, -0.05) is 6.92 Å². The minimum Gasteiger partial charge on any atom is -0.493 e. The van der Waals surface area contributed by atoms with Gasteiger partial charge in [-0.15, -0.1) is 0 Å². The largest absolute Gasteiger partial charge is 0.493 e. The average molecular weight is 340 g/mol. The van der Waals surface area contributed by atoms with Gasteiger partial charge in [0.2, 0.25) is 0 Å². The van der Waals surface area contributed by atoms with E-state index in [4.69, 9.17) is 14.7 Å². The van der Waals surface area contributed by atoms with E-state index in [1.807, 2.05) is 0 Å². The zero-order chi connectivity index (χ0) is 17.9. The Labute approximate surface area is 139 Å². The highest BCUT2D eigenvalue weighted by atomic mass is 19.1. The van der Waals surface area contributed by atoms with Crippen molar-refractivity contribution in [3.8, 4) is 11.5 Å². The van der Waals surface area contributed by atoms with Gasteiger partial charge in [0, 0.05) is 17.7 Å². The van der Waals surface area contributed by atoms with Gasteiger partial charge in [0.05, 0.1) is 14.2 Å². The number of hydrogen-bond donors (Lipinski definition) is 2. The zero-order valence-electron chi connectivity index (χ0n) is 13.8. The van der Waals surface area contributed by atoms with Crippen LogP contribution in [0, 0.1) is 0 Å². The number of likely N-dealkylation sites (tertiary alicyclic amines) is 1. The van der Waals surface area contributed by atoms with Crippen LogP contribution < -0.4 is 15.0 Å². The number of nitrogens with one attached hydrogen (secondary N) is 1. The van der Waals surface area contributed by atoms with E-state index in [9.17, 15) is 14.0 Å². The van der Waals surface area contributed by atoms with Crippen LogP contribution in [0.5, 0.6) is 11.5 Å². The maximum atomic E-state index is 14.3. The van der Waals surface area contributed by atoms with Crippen molar-refractivity contribution in [1.82, 2.24) is 10.4 Å². The molecule has 1 fully saturated rings. The molecule has 132 valence electrons. The Morgan fingerprint density at radius 3 is 2.58 bits per heavy atom. The van der Waals surface area contributed by atoms with Crippen LogP contribution in [-0.4, -0.2) is 48.7 Å². The van der Waals surface area contributed by atoms with Crippen molar-refractivity contribution in [2.75, 3.05) is 20.8 Å². The number of benzene rings is 1. The van der Waals surface area contributed by atoms with Crippen molar-refractivity contribution in [3.63, 3.8) is 0 Å². The third kappa shape index (κ3) is 3.14. The van der Waals surface area contributed by atoms with E-state index in [0.717, 1.165) is 0 Å². The number of hydroxylamine groups is 1. The quantitative estimate of drug-likeness (QED) is 0.609. The van der Waals surface area contributed by atoms with Crippen LogP contribution in [0.15, 0.2) is 12.1 Å². The van der Waals surface area contributed by atoms with E-state index in [-0.39, 0.29) is 29.0 Å². The molecule has 0 aromatic heterocycles. The minimum atomic E-state index is -1.31. The second-order valence-electron chi connectivity index (χ2n) is 5.46. The molecular weight excluding hydrogens is 319 g/mol. The molecule has 1 aliphatic rings. The van der Waals surface area contributed by atoms with Gasteiger partial charge in [-0.05, 0) is 25.0 Å². The van der Waals surface area contributed by atoms with Crippen LogP contribution in [0.2, 0.25) is 0 Å². The highest BCUT2D eigenvalue weighted by Crippen LogP contribution is 2.39. The van der Waals surface area contributed by atoms with E-state index in [2.05, 4.69) is 0 Å². The minimum absolute atomic E-state index is 0.203. The number of hydrogen-bond acceptors (Lipinski definition) is 5. The molecule has 1 aromatic rings. The standard InChI is InChI=1S/C16H21FN2O5/c1-4-11(17)10-7-9(8-13(23-2)14(10)24-3)16(21)19-6-5-12(19)15(20)18-22/h7-8,11-12,22H,4-6H2,1-3H3,(H,18,20)/t11?,12-/m1/s1. The highest BCUT2D eigenvalue weighted by molar-refractivity contribution is 5.99. The molecule has 1 aromatic carbocycles. The van der Waals surface area contributed by atoms with Crippen molar-refractivity contribution in [1.29, 1.82) is 0 Å². The third-order valence-electron chi connectivity index (χ3n) is 4.14. The first-order valence-corrected chi connectivity index (χ1v) is 7.63. The van der Waals surface area contributed by atoms with Crippen molar-refractivity contribution in [2.24, 2.45) is 0 Å². The fraction of sp³-hybridized carbons (Fsp3) is 0.500. The smallest absolute Gasteiger partial charge is 0.266 e. The molecule has 2 amide bonds. The van der Waals surface area contributed by atoms with Gasteiger partial charge < -0.3 is 14.4 Å². The maximum Gasteiger partial charge on any atom is 0.266 e. The second-order valence-corrected chi connectivity index (χ2v) is 5.46.